The van der Waals surface area contributed by atoms with E-state index in [9.17, 15) is 0 Å². The third-order valence-electron chi connectivity index (χ3n) is 2.31. The lowest BCUT2D eigenvalue weighted by molar-refractivity contribution is 0.0592. The largest absolute Gasteiger partial charge is 0.382 e. The molecule has 1 N–H and O–H groups in total. The molecular formula is C11H25NO2. The molecule has 0 radical (unpaired) electrons. The maximum atomic E-state index is 5.44. The Morgan fingerprint density at radius 1 is 1.14 bits per heavy atom. The van der Waals surface area contributed by atoms with Crippen molar-refractivity contribution in [1.29, 1.82) is 0 Å². The molecule has 1 atom stereocenters. The predicted octanol–water partition coefficient (Wildman–Crippen LogP) is 1.82. The van der Waals surface area contributed by atoms with E-state index in [-0.39, 0.29) is 0 Å². The molecule has 0 saturated heterocycles. The Hall–Kier alpha value is -0.120. The van der Waals surface area contributed by atoms with Crippen molar-refractivity contribution in [3.05, 3.63) is 0 Å². The van der Waals surface area contributed by atoms with Crippen LogP contribution in [-0.4, -0.2) is 39.0 Å². The molecule has 86 valence electrons. The highest BCUT2D eigenvalue weighted by molar-refractivity contribution is 4.68. The summed E-state index contributed by atoms with van der Waals surface area (Å²) in [6, 6.07) is 1.05. The number of ether oxygens (including phenoxy) is 2. The zero-order valence-electron chi connectivity index (χ0n) is 10.0. The lowest BCUT2D eigenvalue weighted by atomic mass is 10.1. The number of rotatable bonds is 9. The summed E-state index contributed by atoms with van der Waals surface area (Å²) in [6.07, 6.45) is 2.36. The highest BCUT2D eigenvalue weighted by atomic mass is 16.5. The van der Waals surface area contributed by atoms with Crippen molar-refractivity contribution < 1.29 is 9.47 Å². The summed E-state index contributed by atoms with van der Waals surface area (Å²) in [4.78, 5) is 0. The van der Waals surface area contributed by atoms with Gasteiger partial charge in [0.2, 0.25) is 0 Å². The van der Waals surface area contributed by atoms with Gasteiger partial charge in [0.25, 0.3) is 0 Å². The molecule has 0 rings (SSSR count). The zero-order chi connectivity index (χ0) is 10.8. The van der Waals surface area contributed by atoms with E-state index in [1.807, 2.05) is 0 Å². The van der Waals surface area contributed by atoms with E-state index in [4.69, 9.17) is 9.47 Å². The smallest absolute Gasteiger partial charge is 0.0701 e. The number of hydrogen-bond donors (Lipinski definition) is 1. The Labute approximate surface area is 88.2 Å². The van der Waals surface area contributed by atoms with Crippen molar-refractivity contribution in [1.82, 2.24) is 5.32 Å². The first-order valence-corrected chi connectivity index (χ1v) is 5.57. The minimum absolute atomic E-state index is 0.428. The molecule has 0 saturated carbocycles. The fourth-order valence-electron chi connectivity index (χ4n) is 1.38. The van der Waals surface area contributed by atoms with E-state index < -0.39 is 0 Å². The molecule has 0 aliphatic rings. The van der Waals surface area contributed by atoms with Crippen LogP contribution < -0.4 is 5.32 Å². The molecule has 0 aliphatic heterocycles. The van der Waals surface area contributed by atoms with Crippen molar-refractivity contribution >= 4 is 0 Å². The van der Waals surface area contributed by atoms with E-state index in [0.717, 1.165) is 6.61 Å². The van der Waals surface area contributed by atoms with Gasteiger partial charge in [0.15, 0.2) is 0 Å². The summed E-state index contributed by atoms with van der Waals surface area (Å²) in [5.74, 6) is 0. The molecular weight excluding hydrogens is 178 g/mol. The molecule has 0 amide bonds. The summed E-state index contributed by atoms with van der Waals surface area (Å²) in [5.41, 5.74) is 0. The molecule has 0 aromatic rings. The van der Waals surface area contributed by atoms with Gasteiger partial charge < -0.3 is 14.8 Å². The van der Waals surface area contributed by atoms with Gasteiger partial charge in [-0.05, 0) is 19.8 Å². The fourth-order valence-corrected chi connectivity index (χ4v) is 1.38. The molecule has 0 bridgehead atoms. The van der Waals surface area contributed by atoms with Gasteiger partial charge in [-0.1, -0.05) is 13.8 Å². The molecule has 0 heterocycles. The van der Waals surface area contributed by atoms with Crippen LogP contribution in [0, 0.1) is 0 Å². The fraction of sp³-hybridized carbons (Fsp3) is 1.00. The molecule has 1 unspecified atom stereocenters. The van der Waals surface area contributed by atoms with Gasteiger partial charge >= 0.3 is 0 Å². The average Bonchev–Trinajstić information content (AvgIpc) is 2.21. The Bertz CT molecular complexity index is 116. The van der Waals surface area contributed by atoms with Gasteiger partial charge in [0.05, 0.1) is 19.8 Å². The van der Waals surface area contributed by atoms with Crippen molar-refractivity contribution in [3.8, 4) is 0 Å². The van der Waals surface area contributed by atoms with Crippen molar-refractivity contribution in [3.63, 3.8) is 0 Å². The average molecular weight is 203 g/mol. The van der Waals surface area contributed by atoms with Crippen LogP contribution in [0.1, 0.15) is 33.6 Å². The van der Waals surface area contributed by atoms with Crippen LogP contribution in [0.25, 0.3) is 0 Å². The Morgan fingerprint density at radius 3 is 2.29 bits per heavy atom. The Balaban J connectivity index is 3.38. The van der Waals surface area contributed by atoms with Crippen LogP contribution in [0.2, 0.25) is 0 Å². The first-order valence-electron chi connectivity index (χ1n) is 5.57. The summed E-state index contributed by atoms with van der Waals surface area (Å²) in [7, 11) is 1.69. The predicted molar refractivity (Wildman–Crippen MR) is 59.7 cm³/mol. The van der Waals surface area contributed by atoms with Gasteiger partial charge in [-0.15, -0.1) is 0 Å². The third kappa shape index (κ3) is 7.30. The molecule has 0 aliphatic carbocycles. The summed E-state index contributed by atoms with van der Waals surface area (Å²) in [6.45, 7) is 8.70. The number of methoxy groups -OCH3 is 1. The van der Waals surface area contributed by atoms with Crippen LogP contribution >= 0.6 is 0 Å². The van der Waals surface area contributed by atoms with Crippen molar-refractivity contribution in [2.24, 2.45) is 0 Å². The number of nitrogens with one attached hydrogen (secondary N) is 1. The van der Waals surface area contributed by atoms with Crippen molar-refractivity contribution in [2.75, 3.05) is 26.9 Å². The van der Waals surface area contributed by atoms with E-state index in [1.165, 1.54) is 12.8 Å². The minimum Gasteiger partial charge on any atom is -0.382 e. The SMILES string of the molecule is CCC(CC)NC(C)COCCOC. The standard InChI is InChI=1S/C11H25NO2/c1-5-11(6-2)12-10(3)9-14-8-7-13-4/h10-12H,5-9H2,1-4H3. The lowest BCUT2D eigenvalue weighted by Gasteiger charge is -2.20. The van der Waals surface area contributed by atoms with Crippen LogP contribution in [0.5, 0.6) is 0 Å². The maximum Gasteiger partial charge on any atom is 0.0701 e. The van der Waals surface area contributed by atoms with E-state index in [2.05, 4.69) is 26.1 Å². The van der Waals surface area contributed by atoms with Crippen LogP contribution in [-0.2, 0) is 9.47 Å². The quantitative estimate of drug-likeness (QED) is 0.580. The first-order chi connectivity index (χ1) is 6.74. The molecule has 3 nitrogen and oxygen atoms in total. The van der Waals surface area contributed by atoms with Gasteiger partial charge in [-0.3, -0.25) is 0 Å². The minimum atomic E-state index is 0.428. The molecule has 3 heteroatoms. The topological polar surface area (TPSA) is 30.5 Å². The second-order valence-corrected chi connectivity index (χ2v) is 3.65. The summed E-state index contributed by atoms with van der Waals surface area (Å²) < 4.78 is 10.3. The highest BCUT2D eigenvalue weighted by Gasteiger charge is 2.07. The van der Waals surface area contributed by atoms with Gasteiger partial charge in [0.1, 0.15) is 0 Å². The number of hydrogen-bond acceptors (Lipinski definition) is 3. The maximum absolute atomic E-state index is 5.44. The van der Waals surface area contributed by atoms with Crippen LogP contribution in [0.4, 0.5) is 0 Å². The van der Waals surface area contributed by atoms with Gasteiger partial charge in [0, 0.05) is 19.2 Å². The molecule has 14 heavy (non-hydrogen) atoms. The molecule has 0 aromatic carbocycles. The van der Waals surface area contributed by atoms with E-state index in [0.29, 0.717) is 25.3 Å². The normalized spacial score (nSPS) is 13.5. The zero-order valence-corrected chi connectivity index (χ0v) is 10.0. The van der Waals surface area contributed by atoms with Gasteiger partial charge in [-0.2, -0.15) is 0 Å². The Morgan fingerprint density at radius 2 is 1.79 bits per heavy atom. The molecule has 0 fully saturated rings. The van der Waals surface area contributed by atoms with E-state index in [1.54, 1.807) is 7.11 Å². The summed E-state index contributed by atoms with van der Waals surface area (Å²) in [5, 5.41) is 3.53. The monoisotopic (exact) mass is 203 g/mol. The second kappa shape index (κ2) is 9.44. The second-order valence-electron chi connectivity index (χ2n) is 3.65. The third-order valence-corrected chi connectivity index (χ3v) is 2.31. The highest BCUT2D eigenvalue weighted by Crippen LogP contribution is 1.98. The lowest BCUT2D eigenvalue weighted by Crippen LogP contribution is -2.38. The Kier molecular flexibility index (Phi) is 9.35. The van der Waals surface area contributed by atoms with Gasteiger partial charge in [-0.25, -0.2) is 0 Å². The molecule has 0 aromatic heterocycles. The van der Waals surface area contributed by atoms with Crippen LogP contribution in [0.15, 0.2) is 0 Å². The molecule has 0 spiro atoms. The van der Waals surface area contributed by atoms with Crippen LogP contribution in [0.3, 0.4) is 0 Å². The first kappa shape index (κ1) is 13.9. The van der Waals surface area contributed by atoms with Crippen molar-refractivity contribution in [2.45, 2.75) is 45.7 Å². The van der Waals surface area contributed by atoms with E-state index >= 15 is 0 Å². The summed E-state index contributed by atoms with van der Waals surface area (Å²) >= 11 is 0.